The third kappa shape index (κ3) is 5.83. The summed E-state index contributed by atoms with van der Waals surface area (Å²) < 4.78 is 19.8. The third-order valence-electron chi connectivity index (χ3n) is 17.2. The Morgan fingerprint density at radius 1 is 0.244 bits per heavy atom. The Morgan fingerprint density at radius 3 is 1.35 bits per heavy atom. The number of hydrogen-bond donors (Lipinski definition) is 0. The van der Waals surface area contributed by atoms with Gasteiger partial charge < -0.3 is 18.8 Å². The zero-order chi connectivity index (χ0) is 51.1. The van der Waals surface area contributed by atoms with Crippen molar-refractivity contribution in [2.45, 2.75) is 10.8 Å². The number of anilines is 3. The molecule has 0 radical (unpaired) electrons. The molecule has 0 fully saturated rings. The van der Waals surface area contributed by atoms with Gasteiger partial charge in [0, 0.05) is 50.1 Å². The van der Waals surface area contributed by atoms with Gasteiger partial charge in [-0.25, -0.2) is 0 Å². The first-order chi connectivity index (χ1) is 38.6. The highest BCUT2D eigenvalue weighted by Gasteiger charge is 2.52. The first kappa shape index (κ1) is 43.1. The van der Waals surface area contributed by atoms with Crippen LogP contribution in [-0.2, 0) is 10.8 Å². The molecule has 0 bridgehead atoms. The van der Waals surface area contributed by atoms with E-state index in [1.54, 1.807) is 0 Å². The fourth-order valence-corrected chi connectivity index (χ4v) is 14.0. The molecule has 0 saturated heterocycles. The molecule has 2 spiro atoms. The molecule has 4 aliphatic rings. The predicted molar refractivity (Wildman–Crippen MR) is 314 cm³/mol. The molecule has 4 heteroatoms. The number of hydrogen-bond acceptors (Lipinski definition) is 4. The van der Waals surface area contributed by atoms with Gasteiger partial charge in [-0.05, 0) is 152 Å². The summed E-state index contributed by atoms with van der Waals surface area (Å²) in [4.78, 5) is 2.43. The van der Waals surface area contributed by atoms with Crippen molar-refractivity contribution in [1.82, 2.24) is 0 Å². The van der Waals surface area contributed by atoms with Gasteiger partial charge in [0.05, 0.1) is 10.8 Å². The van der Waals surface area contributed by atoms with Gasteiger partial charge in [-0.3, -0.25) is 0 Å². The quantitative estimate of drug-likeness (QED) is 0.172. The Kier molecular flexibility index (Phi) is 8.94. The average Bonchev–Trinajstić information content (AvgIpc) is 4.27. The van der Waals surface area contributed by atoms with E-state index in [9.17, 15) is 0 Å². The molecule has 2 aliphatic carbocycles. The lowest BCUT2D eigenvalue weighted by Gasteiger charge is -2.39. The number of para-hydroxylation sites is 5. The highest BCUT2D eigenvalue weighted by atomic mass is 16.5. The zero-order valence-corrected chi connectivity index (χ0v) is 42.2. The summed E-state index contributed by atoms with van der Waals surface area (Å²) in [6.07, 6.45) is 0. The first-order valence-corrected chi connectivity index (χ1v) is 26.8. The maximum Gasteiger partial charge on any atom is 0.136 e. The fraction of sp³-hybridized carbons (Fsp3) is 0.0270. The standard InChI is InChI=1S/C74H45NO3/c1-4-21-59-53(18-1)55-40-38-52(45-66(55)74(59)64-25-8-13-30-70(64)78-71-31-14-9-26-65(71)74)75(50-36-32-46(33-37-50)49-34-39-57-56-20-3-10-27-67(56)76-72(57)44-49)51-17-15-16-47(42-51)48-35-41-61-58(43-48)54-19-2-5-22-60(54)73(61)62-23-6-11-28-68(62)77-69-29-12-7-24-63(69)73/h1-45H. The number of fused-ring (bicyclic) bond motifs is 21. The Labute approximate surface area is 451 Å². The van der Waals surface area contributed by atoms with Crippen molar-refractivity contribution in [3.05, 3.63) is 317 Å². The molecule has 78 heavy (non-hydrogen) atoms. The van der Waals surface area contributed by atoms with Gasteiger partial charge in [-0.15, -0.1) is 0 Å². The van der Waals surface area contributed by atoms with Crippen LogP contribution in [0.1, 0.15) is 44.5 Å². The molecule has 0 unspecified atom stereocenters. The van der Waals surface area contributed by atoms with Gasteiger partial charge in [0.25, 0.3) is 0 Å². The van der Waals surface area contributed by atoms with Crippen molar-refractivity contribution in [3.8, 4) is 67.5 Å². The van der Waals surface area contributed by atoms with Crippen molar-refractivity contribution in [3.63, 3.8) is 0 Å². The van der Waals surface area contributed by atoms with E-state index in [1.165, 1.54) is 44.5 Å². The van der Waals surface area contributed by atoms with E-state index in [2.05, 4.69) is 266 Å². The number of furan rings is 1. The van der Waals surface area contributed by atoms with Crippen LogP contribution in [-0.4, -0.2) is 0 Å². The van der Waals surface area contributed by atoms with Gasteiger partial charge in [0.1, 0.15) is 34.2 Å². The number of ether oxygens (including phenoxy) is 2. The zero-order valence-electron chi connectivity index (χ0n) is 42.2. The summed E-state index contributed by atoms with van der Waals surface area (Å²) in [6, 6.07) is 99.3. The van der Waals surface area contributed by atoms with E-state index >= 15 is 0 Å². The van der Waals surface area contributed by atoms with Gasteiger partial charge in [0.2, 0.25) is 0 Å². The molecule has 13 aromatic rings. The molecule has 17 rings (SSSR count). The summed E-state index contributed by atoms with van der Waals surface area (Å²) in [5, 5.41) is 2.25. The molecule has 0 N–H and O–H groups in total. The summed E-state index contributed by atoms with van der Waals surface area (Å²) in [7, 11) is 0. The van der Waals surface area contributed by atoms with E-state index in [0.717, 1.165) is 107 Å². The average molecular weight is 996 g/mol. The minimum Gasteiger partial charge on any atom is -0.457 e. The van der Waals surface area contributed by atoms with E-state index in [4.69, 9.17) is 13.9 Å². The molecule has 364 valence electrons. The Bertz CT molecular complexity index is 4570. The normalized spacial score (nSPS) is 14.1. The van der Waals surface area contributed by atoms with Crippen LogP contribution in [0.5, 0.6) is 23.0 Å². The molecule has 0 amide bonds. The van der Waals surface area contributed by atoms with Crippen LogP contribution < -0.4 is 14.4 Å². The van der Waals surface area contributed by atoms with Crippen molar-refractivity contribution in [2.75, 3.05) is 4.90 Å². The first-order valence-electron chi connectivity index (χ1n) is 26.8. The van der Waals surface area contributed by atoms with Crippen LogP contribution in [0.15, 0.2) is 277 Å². The van der Waals surface area contributed by atoms with Gasteiger partial charge >= 0.3 is 0 Å². The second kappa shape index (κ2) is 16.2. The fourth-order valence-electron chi connectivity index (χ4n) is 14.0. The van der Waals surface area contributed by atoms with Crippen LogP contribution in [0.25, 0.3) is 66.4 Å². The lowest BCUT2D eigenvalue weighted by atomic mass is 9.66. The van der Waals surface area contributed by atoms with Gasteiger partial charge in [0.15, 0.2) is 0 Å². The second-order valence-corrected chi connectivity index (χ2v) is 21.0. The summed E-state index contributed by atoms with van der Waals surface area (Å²) in [5.41, 5.74) is 22.8. The lowest BCUT2D eigenvalue weighted by molar-refractivity contribution is 0.436. The van der Waals surface area contributed by atoms with Gasteiger partial charge in [-0.2, -0.15) is 0 Å². The van der Waals surface area contributed by atoms with E-state index < -0.39 is 10.8 Å². The molecular formula is C74H45NO3. The van der Waals surface area contributed by atoms with Crippen LogP contribution in [0.3, 0.4) is 0 Å². The molecule has 3 heterocycles. The number of nitrogens with zero attached hydrogens (tertiary/aromatic N) is 1. The molecular weight excluding hydrogens is 951 g/mol. The molecule has 0 saturated carbocycles. The van der Waals surface area contributed by atoms with E-state index in [1.807, 2.05) is 12.1 Å². The number of rotatable bonds is 5. The van der Waals surface area contributed by atoms with Crippen LogP contribution in [0, 0.1) is 0 Å². The molecule has 2 aliphatic heterocycles. The maximum atomic E-state index is 6.74. The molecule has 12 aromatic carbocycles. The molecule has 1 aromatic heterocycles. The van der Waals surface area contributed by atoms with Crippen LogP contribution >= 0.6 is 0 Å². The summed E-state index contributed by atoms with van der Waals surface area (Å²) in [6.45, 7) is 0. The lowest BCUT2D eigenvalue weighted by Crippen LogP contribution is -2.32. The topological polar surface area (TPSA) is 34.8 Å². The van der Waals surface area contributed by atoms with Crippen molar-refractivity contribution in [2.24, 2.45) is 0 Å². The minimum absolute atomic E-state index is 0.533. The summed E-state index contributed by atoms with van der Waals surface area (Å²) >= 11 is 0. The van der Waals surface area contributed by atoms with Crippen molar-refractivity contribution >= 4 is 39.0 Å². The predicted octanol–water partition coefficient (Wildman–Crippen LogP) is 19.3. The third-order valence-corrected chi connectivity index (χ3v) is 17.2. The largest absolute Gasteiger partial charge is 0.457 e. The van der Waals surface area contributed by atoms with Crippen LogP contribution in [0.2, 0.25) is 0 Å². The monoisotopic (exact) mass is 995 g/mol. The Morgan fingerprint density at radius 2 is 0.692 bits per heavy atom. The highest BCUT2D eigenvalue weighted by molar-refractivity contribution is 6.06. The van der Waals surface area contributed by atoms with Crippen molar-refractivity contribution in [1.29, 1.82) is 0 Å². The van der Waals surface area contributed by atoms with Crippen molar-refractivity contribution < 1.29 is 13.9 Å². The van der Waals surface area contributed by atoms with Gasteiger partial charge in [-0.1, -0.05) is 188 Å². The molecule has 4 nitrogen and oxygen atoms in total. The summed E-state index contributed by atoms with van der Waals surface area (Å²) in [5.74, 6) is 3.53. The minimum atomic E-state index is -0.621. The second-order valence-electron chi connectivity index (χ2n) is 21.0. The SMILES string of the molecule is c1cc(-c2ccc3c(c2)-c2ccccc2C32c3ccccc3Oc3ccccc32)cc(N(c2ccc(-c3ccc4c(c3)oc3ccccc34)cc2)c2ccc3c(c2)C2(c4ccccc4Oc4ccccc42)c2ccccc2-3)c1. The smallest absolute Gasteiger partial charge is 0.136 e. The molecule has 0 atom stereocenters. The highest BCUT2D eigenvalue weighted by Crippen LogP contribution is 2.64. The van der Waals surface area contributed by atoms with Crippen LogP contribution in [0.4, 0.5) is 17.1 Å². The maximum absolute atomic E-state index is 6.74. The Balaban J connectivity index is 0.847. The van der Waals surface area contributed by atoms with E-state index in [0.29, 0.717) is 0 Å². The Hall–Kier alpha value is -10.2. The van der Waals surface area contributed by atoms with E-state index in [-0.39, 0.29) is 0 Å². The number of benzene rings is 12.